The van der Waals surface area contributed by atoms with E-state index in [0.29, 0.717) is 11.5 Å². The third-order valence-electron chi connectivity index (χ3n) is 2.29. The lowest BCUT2D eigenvalue weighted by Gasteiger charge is -2.02. The van der Waals surface area contributed by atoms with Gasteiger partial charge in [-0.2, -0.15) is 0 Å². The van der Waals surface area contributed by atoms with Gasteiger partial charge in [0.2, 0.25) is 0 Å². The standard InChI is InChI=1S/C13H11FOP/c14-12-8-4-5-9-13(12)16(15)10-11-6-2-1-3-7-11/h1-9H,10H2. The summed E-state index contributed by atoms with van der Waals surface area (Å²) >= 11 is 0. The summed E-state index contributed by atoms with van der Waals surface area (Å²) in [5, 5.41) is 0.307. The van der Waals surface area contributed by atoms with Crippen LogP contribution in [0.2, 0.25) is 0 Å². The highest BCUT2D eigenvalue weighted by Crippen LogP contribution is 2.26. The Morgan fingerprint density at radius 2 is 1.56 bits per heavy atom. The van der Waals surface area contributed by atoms with E-state index in [0.717, 1.165) is 5.56 Å². The topological polar surface area (TPSA) is 17.1 Å². The molecule has 2 aromatic carbocycles. The summed E-state index contributed by atoms with van der Waals surface area (Å²) in [5.74, 6) is -0.389. The van der Waals surface area contributed by atoms with E-state index in [1.807, 2.05) is 30.3 Å². The molecule has 16 heavy (non-hydrogen) atoms. The predicted molar refractivity (Wildman–Crippen MR) is 63.8 cm³/mol. The van der Waals surface area contributed by atoms with E-state index >= 15 is 0 Å². The molecule has 0 aliphatic heterocycles. The second-order valence-electron chi connectivity index (χ2n) is 3.47. The quantitative estimate of drug-likeness (QED) is 0.742. The van der Waals surface area contributed by atoms with E-state index in [1.165, 1.54) is 6.07 Å². The number of rotatable bonds is 3. The molecule has 0 heterocycles. The van der Waals surface area contributed by atoms with Gasteiger partial charge in [-0.3, -0.25) is 4.57 Å². The summed E-state index contributed by atoms with van der Waals surface area (Å²) in [5.41, 5.74) is 0.965. The second kappa shape index (κ2) is 5.00. The van der Waals surface area contributed by atoms with Crippen LogP contribution in [0.4, 0.5) is 4.39 Å². The van der Waals surface area contributed by atoms with Crippen LogP contribution in [0, 0.1) is 5.82 Å². The van der Waals surface area contributed by atoms with Crippen LogP contribution in [-0.4, -0.2) is 0 Å². The van der Waals surface area contributed by atoms with Crippen molar-refractivity contribution in [2.75, 3.05) is 0 Å². The molecule has 0 saturated carbocycles. The van der Waals surface area contributed by atoms with Crippen LogP contribution in [0.1, 0.15) is 5.56 Å². The molecule has 1 unspecified atom stereocenters. The highest BCUT2D eigenvalue weighted by Gasteiger charge is 2.10. The van der Waals surface area contributed by atoms with Gasteiger partial charge in [-0.25, -0.2) is 4.39 Å². The van der Waals surface area contributed by atoms with Crippen LogP contribution < -0.4 is 5.30 Å². The molecule has 0 amide bonds. The minimum absolute atomic E-state index is 0.307. The van der Waals surface area contributed by atoms with Crippen LogP contribution >= 0.6 is 7.80 Å². The van der Waals surface area contributed by atoms with Gasteiger partial charge in [-0.15, -0.1) is 0 Å². The van der Waals surface area contributed by atoms with E-state index in [9.17, 15) is 8.96 Å². The molecule has 3 heteroatoms. The number of hydrogen-bond donors (Lipinski definition) is 0. The van der Waals surface area contributed by atoms with Crippen molar-refractivity contribution in [3.63, 3.8) is 0 Å². The molecular weight excluding hydrogens is 222 g/mol. The monoisotopic (exact) mass is 233 g/mol. The molecule has 81 valence electrons. The van der Waals surface area contributed by atoms with Crippen molar-refractivity contribution < 1.29 is 8.96 Å². The fourth-order valence-corrected chi connectivity index (χ4v) is 2.77. The Labute approximate surface area is 94.7 Å². The first-order valence-electron chi connectivity index (χ1n) is 5.00. The van der Waals surface area contributed by atoms with Crippen molar-refractivity contribution in [1.82, 2.24) is 0 Å². The Bertz CT molecular complexity index is 496. The predicted octanol–water partition coefficient (Wildman–Crippen LogP) is 3.48. The first kappa shape index (κ1) is 11.0. The van der Waals surface area contributed by atoms with Gasteiger partial charge in [0.05, 0.1) is 5.30 Å². The van der Waals surface area contributed by atoms with E-state index in [2.05, 4.69) is 0 Å². The van der Waals surface area contributed by atoms with Gasteiger partial charge in [0.1, 0.15) is 13.6 Å². The van der Waals surface area contributed by atoms with E-state index < -0.39 is 7.80 Å². The minimum atomic E-state index is -1.70. The van der Waals surface area contributed by atoms with Gasteiger partial charge in [-0.1, -0.05) is 42.5 Å². The third-order valence-corrected chi connectivity index (χ3v) is 3.84. The molecule has 0 N–H and O–H groups in total. The van der Waals surface area contributed by atoms with Crippen LogP contribution in [-0.2, 0) is 10.7 Å². The zero-order valence-electron chi connectivity index (χ0n) is 8.64. The molecule has 0 spiro atoms. The minimum Gasteiger partial charge on any atom is -0.281 e. The molecule has 1 nitrogen and oxygen atoms in total. The Morgan fingerprint density at radius 1 is 0.938 bits per heavy atom. The van der Waals surface area contributed by atoms with Gasteiger partial charge in [0.25, 0.3) is 0 Å². The lowest BCUT2D eigenvalue weighted by atomic mass is 10.2. The van der Waals surface area contributed by atoms with Crippen molar-refractivity contribution >= 4 is 13.1 Å². The highest BCUT2D eigenvalue weighted by atomic mass is 31.1. The lowest BCUT2D eigenvalue weighted by molar-refractivity contribution is 0.589. The largest absolute Gasteiger partial charge is 0.281 e. The molecule has 0 fully saturated rings. The van der Waals surface area contributed by atoms with E-state index in [-0.39, 0.29) is 5.82 Å². The summed E-state index contributed by atoms with van der Waals surface area (Å²) in [4.78, 5) is 0. The third kappa shape index (κ3) is 2.53. The van der Waals surface area contributed by atoms with Crippen molar-refractivity contribution in [3.05, 3.63) is 66.0 Å². The van der Waals surface area contributed by atoms with Gasteiger partial charge >= 0.3 is 0 Å². The van der Waals surface area contributed by atoms with Crippen LogP contribution in [0.5, 0.6) is 0 Å². The normalized spacial score (nSPS) is 11.2. The average Bonchev–Trinajstić information content (AvgIpc) is 2.31. The molecule has 0 saturated heterocycles. The number of halogens is 1. The zero-order chi connectivity index (χ0) is 11.4. The van der Waals surface area contributed by atoms with Gasteiger partial charge < -0.3 is 0 Å². The van der Waals surface area contributed by atoms with Crippen molar-refractivity contribution in [1.29, 1.82) is 0 Å². The summed E-state index contributed by atoms with van der Waals surface area (Å²) in [6.07, 6.45) is 0.386. The fourth-order valence-electron chi connectivity index (χ4n) is 1.49. The molecule has 1 radical (unpaired) electrons. The average molecular weight is 233 g/mol. The van der Waals surface area contributed by atoms with Gasteiger partial charge in [0.15, 0.2) is 0 Å². The Hall–Kier alpha value is -1.53. The van der Waals surface area contributed by atoms with Crippen LogP contribution in [0.3, 0.4) is 0 Å². The summed E-state index contributed by atoms with van der Waals surface area (Å²) in [6, 6.07) is 15.7. The Morgan fingerprint density at radius 3 is 2.25 bits per heavy atom. The van der Waals surface area contributed by atoms with E-state index in [4.69, 9.17) is 0 Å². The van der Waals surface area contributed by atoms with Crippen molar-refractivity contribution in [2.24, 2.45) is 0 Å². The number of benzene rings is 2. The Kier molecular flexibility index (Phi) is 3.43. The maximum Gasteiger partial charge on any atom is 0.137 e. The number of hydrogen-bond acceptors (Lipinski definition) is 1. The molecule has 2 aromatic rings. The first-order valence-corrected chi connectivity index (χ1v) is 6.45. The van der Waals surface area contributed by atoms with Crippen molar-refractivity contribution in [2.45, 2.75) is 6.16 Å². The zero-order valence-corrected chi connectivity index (χ0v) is 9.53. The maximum absolute atomic E-state index is 13.4. The molecule has 0 aromatic heterocycles. The SMILES string of the molecule is O=[P](Cc1ccccc1)c1ccccc1F. The maximum atomic E-state index is 13.4. The van der Waals surface area contributed by atoms with Gasteiger partial charge in [0, 0.05) is 6.16 Å². The van der Waals surface area contributed by atoms with Crippen molar-refractivity contribution in [3.8, 4) is 0 Å². The molecule has 1 atom stereocenters. The molecular formula is C13H11FOP. The summed E-state index contributed by atoms with van der Waals surface area (Å²) in [7, 11) is -1.70. The van der Waals surface area contributed by atoms with Gasteiger partial charge in [-0.05, 0) is 17.7 Å². The highest BCUT2D eigenvalue weighted by molar-refractivity contribution is 7.52. The lowest BCUT2D eigenvalue weighted by Crippen LogP contribution is -2.02. The molecule has 0 aliphatic rings. The first-order chi connectivity index (χ1) is 7.77. The summed E-state index contributed by atoms with van der Waals surface area (Å²) in [6.45, 7) is 0. The molecule has 2 rings (SSSR count). The molecule has 0 bridgehead atoms. The molecule has 0 aliphatic carbocycles. The Balaban J connectivity index is 2.19. The second-order valence-corrected chi connectivity index (χ2v) is 5.03. The van der Waals surface area contributed by atoms with Crippen LogP contribution in [0.15, 0.2) is 54.6 Å². The fraction of sp³-hybridized carbons (Fsp3) is 0.0769. The summed E-state index contributed by atoms with van der Waals surface area (Å²) < 4.78 is 25.3. The van der Waals surface area contributed by atoms with E-state index in [1.54, 1.807) is 18.2 Å². The smallest absolute Gasteiger partial charge is 0.137 e. The van der Waals surface area contributed by atoms with Crippen LogP contribution in [0.25, 0.3) is 0 Å².